The van der Waals surface area contributed by atoms with E-state index in [-0.39, 0.29) is 0 Å². The average Bonchev–Trinajstić information content (AvgIpc) is 2.33. The van der Waals surface area contributed by atoms with Crippen molar-refractivity contribution in [2.75, 3.05) is 10.9 Å². The second-order valence-corrected chi connectivity index (χ2v) is 2.42. The average molecular weight is 135 g/mol. The smallest absolute Gasteiger partial charge is 0.0753 e. The second-order valence-electron chi connectivity index (χ2n) is 2.42. The molecule has 1 aliphatic heterocycles. The minimum Gasteiger partial charge on any atom is -0.302 e. The highest BCUT2D eigenvalue weighted by atomic mass is 15.6. The van der Waals surface area contributed by atoms with Crippen molar-refractivity contribution in [1.29, 1.82) is 0 Å². The Bertz CT molecular complexity index is 257. The van der Waals surface area contributed by atoms with E-state index in [0.29, 0.717) is 0 Å². The van der Waals surface area contributed by atoms with Gasteiger partial charge in [-0.1, -0.05) is 6.07 Å². The van der Waals surface area contributed by atoms with Crippen LogP contribution in [-0.4, -0.2) is 0 Å². The molecule has 0 unspecified atom stereocenters. The molecule has 1 aliphatic rings. The number of benzene rings is 1. The van der Waals surface area contributed by atoms with Crippen LogP contribution >= 0.6 is 0 Å². The van der Waals surface area contributed by atoms with E-state index in [1.165, 1.54) is 5.56 Å². The maximum Gasteiger partial charge on any atom is 0.0753 e. The van der Waals surface area contributed by atoms with Gasteiger partial charge in [0.1, 0.15) is 0 Å². The fourth-order valence-electron chi connectivity index (χ4n) is 1.04. The van der Waals surface area contributed by atoms with Crippen molar-refractivity contribution < 1.29 is 0 Å². The fraction of sp³-hybridized carbons (Fsp3) is 0.143. The molecule has 0 saturated carbocycles. The van der Waals surface area contributed by atoms with Crippen LogP contribution < -0.4 is 16.4 Å². The van der Waals surface area contributed by atoms with Gasteiger partial charge in [-0.3, -0.25) is 0 Å². The van der Waals surface area contributed by atoms with Crippen molar-refractivity contribution >= 4 is 11.4 Å². The number of hydrogen-bond donors (Lipinski definition) is 3. The quantitative estimate of drug-likeness (QED) is 0.501. The predicted octanol–water partition coefficient (Wildman–Crippen LogP) is 1.25. The van der Waals surface area contributed by atoms with Crippen LogP contribution in [0.4, 0.5) is 11.4 Å². The van der Waals surface area contributed by atoms with E-state index in [1.807, 2.05) is 6.07 Å². The largest absolute Gasteiger partial charge is 0.302 e. The summed E-state index contributed by atoms with van der Waals surface area (Å²) in [6.45, 7) is 2.07. The molecule has 1 heterocycles. The normalized spacial score (nSPS) is 13.7. The molecule has 0 amide bonds. The zero-order chi connectivity index (χ0) is 6.97. The highest BCUT2D eigenvalue weighted by molar-refractivity contribution is 5.72. The molecule has 1 aromatic rings. The van der Waals surface area contributed by atoms with Crippen LogP contribution in [0, 0.1) is 6.92 Å². The van der Waals surface area contributed by atoms with Gasteiger partial charge >= 0.3 is 0 Å². The first kappa shape index (κ1) is 5.56. The molecule has 3 heteroatoms. The lowest BCUT2D eigenvalue weighted by Crippen LogP contribution is -2.19. The summed E-state index contributed by atoms with van der Waals surface area (Å²) >= 11 is 0. The molecule has 0 atom stereocenters. The number of aryl methyl sites for hydroxylation is 1. The molecule has 0 aliphatic carbocycles. The Kier molecular flexibility index (Phi) is 1.05. The lowest BCUT2D eigenvalue weighted by atomic mass is 10.2. The summed E-state index contributed by atoms with van der Waals surface area (Å²) in [6.07, 6.45) is 0. The summed E-state index contributed by atoms with van der Waals surface area (Å²) in [5.41, 5.74) is 12.2. The third kappa shape index (κ3) is 0.717. The van der Waals surface area contributed by atoms with E-state index in [9.17, 15) is 0 Å². The van der Waals surface area contributed by atoms with Crippen molar-refractivity contribution in [3.63, 3.8) is 0 Å². The van der Waals surface area contributed by atoms with E-state index >= 15 is 0 Å². The molecule has 0 radical (unpaired) electrons. The molecule has 2 rings (SSSR count). The van der Waals surface area contributed by atoms with Crippen molar-refractivity contribution in [3.8, 4) is 0 Å². The van der Waals surface area contributed by atoms with Crippen LogP contribution in [-0.2, 0) is 0 Å². The Hall–Kier alpha value is -1.22. The van der Waals surface area contributed by atoms with E-state index in [0.717, 1.165) is 11.4 Å². The van der Waals surface area contributed by atoms with Gasteiger partial charge < -0.3 is 10.9 Å². The van der Waals surface area contributed by atoms with Gasteiger partial charge in [-0.25, -0.2) is 0 Å². The Labute approximate surface area is 59.4 Å². The second kappa shape index (κ2) is 1.88. The summed E-state index contributed by atoms with van der Waals surface area (Å²) in [4.78, 5) is 0. The van der Waals surface area contributed by atoms with Crippen molar-refractivity contribution in [1.82, 2.24) is 5.53 Å². The zero-order valence-corrected chi connectivity index (χ0v) is 5.73. The highest BCUT2D eigenvalue weighted by Crippen LogP contribution is 2.24. The van der Waals surface area contributed by atoms with Gasteiger partial charge in [0, 0.05) is 0 Å². The lowest BCUT2D eigenvalue weighted by Gasteiger charge is -1.96. The lowest BCUT2D eigenvalue weighted by molar-refractivity contribution is 1.01. The van der Waals surface area contributed by atoms with Gasteiger partial charge in [0.2, 0.25) is 0 Å². The Morgan fingerprint density at radius 2 is 1.90 bits per heavy atom. The first-order valence-corrected chi connectivity index (χ1v) is 3.24. The molecule has 3 nitrogen and oxygen atoms in total. The predicted molar refractivity (Wildman–Crippen MR) is 41.6 cm³/mol. The third-order valence-corrected chi connectivity index (χ3v) is 1.57. The number of fused-ring (bicyclic) bond motifs is 1. The molecule has 1 aromatic carbocycles. The molecule has 10 heavy (non-hydrogen) atoms. The number of nitrogens with one attached hydrogen (secondary N) is 3. The molecular weight excluding hydrogens is 126 g/mol. The maximum absolute atomic E-state index is 2.98. The SMILES string of the molecule is Cc1ccc2c(c1)NNN2. The van der Waals surface area contributed by atoms with Gasteiger partial charge in [-0.05, 0) is 24.6 Å². The molecule has 0 fully saturated rings. The molecule has 0 bridgehead atoms. The van der Waals surface area contributed by atoms with Crippen LogP contribution in [0.3, 0.4) is 0 Å². The van der Waals surface area contributed by atoms with Crippen molar-refractivity contribution in [2.24, 2.45) is 0 Å². The number of hydrazine groups is 2. The van der Waals surface area contributed by atoms with Gasteiger partial charge in [-0.2, -0.15) is 0 Å². The minimum absolute atomic E-state index is 1.10. The Morgan fingerprint density at radius 1 is 1.10 bits per heavy atom. The summed E-state index contributed by atoms with van der Waals surface area (Å²) in [5.74, 6) is 0. The summed E-state index contributed by atoms with van der Waals surface area (Å²) < 4.78 is 0. The molecule has 0 aromatic heterocycles. The maximum atomic E-state index is 2.98. The Morgan fingerprint density at radius 3 is 2.80 bits per heavy atom. The molecule has 0 saturated heterocycles. The van der Waals surface area contributed by atoms with Crippen LogP contribution in [0.25, 0.3) is 0 Å². The number of hydrogen-bond acceptors (Lipinski definition) is 3. The topological polar surface area (TPSA) is 36.1 Å². The van der Waals surface area contributed by atoms with Crippen molar-refractivity contribution in [2.45, 2.75) is 6.92 Å². The van der Waals surface area contributed by atoms with E-state index in [4.69, 9.17) is 0 Å². The van der Waals surface area contributed by atoms with Gasteiger partial charge in [-0.15, -0.1) is 5.53 Å². The van der Waals surface area contributed by atoms with E-state index in [2.05, 4.69) is 35.4 Å². The monoisotopic (exact) mass is 135 g/mol. The van der Waals surface area contributed by atoms with Crippen LogP contribution in [0.5, 0.6) is 0 Å². The molecule has 3 N–H and O–H groups in total. The summed E-state index contributed by atoms with van der Waals surface area (Å²) in [5, 5.41) is 0. The van der Waals surface area contributed by atoms with Gasteiger partial charge in [0.25, 0.3) is 0 Å². The third-order valence-electron chi connectivity index (χ3n) is 1.57. The first-order valence-electron chi connectivity index (χ1n) is 3.24. The minimum atomic E-state index is 1.10. The highest BCUT2D eigenvalue weighted by Gasteiger charge is 2.06. The van der Waals surface area contributed by atoms with Crippen molar-refractivity contribution in [3.05, 3.63) is 23.8 Å². The van der Waals surface area contributed by atoms with Gasteiger partial charge in [0.05, 0.1) is 11.4 Å². The van der Waals surface area contributed by atoms with E-state index in [1.54, 1.807) is 0 Å². The van der Waals surface area contributed by atoms with Gasteiger partial charge in [0.15, 0.2) is 0 Å². The standard InChI is InChI=1S/C7H9N3/c1-5-2-3-6-7(4-5)9-10-8-6/h2-4,8-10H,1H3. The zero-order valence-electron chi connectivity index (χ0n) is 5.73. The van der Waals surface area contributed by atoms with Crippen LogP contribution in [0.2, 0.25) is 0 Å². The first-order chi connectivity index (χ1) is 4.86. The Balaban J connectivity index is 2.52. The number of rotatable bonds is 0. The molecular formula is C7H9N3. The molecule has 52 valence electrons. The fourth-order valence-corrected chi connectivity index (χ4v) is 1.04. The van der Waals surface area contributed by atoms with Crippen LogP contribution in [0.1, 0.15) is 5.56 Å². The molecule has 0 spiro atoms. The summed E-state index contributed by atoms with van der Waals surface area (Å²) in [6, 6.07) is 6.19. The number of anilines is 2. The van der Waals surface area contributed by atoms with Crippen LogP contribution in [0.15, 0.2) is 18.2 Å². The van der Waals surface area contributed by atoms with E-state index < -0.39 is 0 Å². The summed E-state index contributed by atoms with van der Waals surface area (Å²) in [7, 11) is 0.